The number of benzene rings is 1. The molecule has 0 spiro atoms. The van der Waals surface area contributed by atoms with Crippen LogP contribution >= 0.6 is 23.2 Å². The lowest BCUT2D eigenvalue weighted by Crippen LogP contribution is -2.15. The Morgan fingerprint density at radius 2 is 2.06 bits per heavy atom. The first-order valence-electron chi connectivity index (χ1n) is 5.14. The van der Waals surface area contributed by atoms with Crippen LogP contribution in [-0.2, 0) is 4.74 Å². The van der Waals surface area contributed by atoms with Crippen LogP contribution in [0.25, 0.3) is 0 Å². The molecule has 88 valence electrons. The number of hydrogen-bond donors (Lipinski definition) is 0. The molecule has 0 aliphatic carbocycles. The first kappa shape index (κ1) is 13.5. The zero-order chi connectivity index (χ0) is 12.1. The predicted octanol–water partition coefficient (Wildman–Crippen LogP) is 3.99. The molecule has 1 atom stereocenters. The van der Waals surface area contributed by atoms with E-state index in [1.165, 1.54) is 0 Å². The second kappa shape index (κ2) is 6.24. The summed E-state index contributed by atoms with van der Waals surface area (Å²) in [6, 6.07) is 4.82. The summed E-state index contributed by atoms with van der Waals surface area (Å²) in [6.07, 6.45) is 0.973. The summed E-state index contributed by atoms with van der Waals surface area (Å²) in [5.74, 6) is -0.0844. The molecule has 0 radical (unpaired) electrons. The molecule has 0 amide bonds. The average Bonchev–Trinajstić information content (AvgIpc) is 2.29. The SMILES string of the molecule is CCC(C)OCC(=O)c1ccc(Cl)c(Cl)c1. The Balaban J connectivity index is 2.63. The fourth-order valence-corrected chi connectivity index (χ4v) is 1.39. The molecular formula is C12H14Cl2O2. The van der Waals surface area contributed by atoms with Crippen molar-refractivity contribution in [1.82, 2.24) is 0 Å². The van der Waals surface area contributed by atoms with Crippen molar-refractivity contribution < 1.29 is 9.53 Å². The average molecular weight is 261 g/mol. The molecule has 16 heavy (non-hydrogen) atoms. The van der Waals surface area contributed by atoms with Gasteiger partial charge in [0.2, 0.25) is 0 Å². The van der Waals surface area contributed by atoms with Gasteiger partial charge in [-0.1, -0.05) is 30.1 Å². The van der Waals surface area contributed by atoms with Gasteiger partial charge in [0.25, 0.3) is 0 Å². The second-order valence-electron chi connectivity index (χ2n) is 3.58. The van der Waals surface area contributed by atoms with E-state index in [1.807, 2.05) is 13.8 Å². The molecule has 1 aromatic rings. The molecule has 0 aliphatic rings. The largest absolute Gasteiger partial charge is 0.370 e. The summed E-state index contributed by atoms with van der Waals surface area (Å²) in [7, 11) is 0. The molecule has 0 heterocycles. The summed E-state index contributed by atoms with van der Waals surface area (Å²) >= 11 is 11.6. The van der Waals surface area contributed by atoms with Crippen LogP contribution in [0.3, 0.4) is 0 Å². The number of halogens is 2. The minimum Gasteiger partial charge on any atom is -0.370 e. The van der Waals surface area contributed by atoms with Crippen molar-refractivity contribution in [2.75, 3.05) is 6.61 Å². The molecule has 4 heteroatoms. The number of hydrogen-bond acceptors (Lipinski definition) is 2. The van der Waals surface area contributed by atoms with Gasteiger partial charge in [-0.2, -0.15) is 0 Å². The molecule has 0 aromatic heterocycles. The van der Waals surface area contributed by atoms with Crippen molar-refractivity contribution >= 4 is 29.0 Å². The number of carbonyl (C=O) groups is 1. The standard InChI is InChI=1S/C12H14Cl2O2/c1-3-8(2)16-7-12(15)9-4-5-10(13)11(14)6-9/h4-6,8H,3,7H2,1-2H3. The monoisotopic (exact) mass is 260 g/mol. The van der Waals surface area contributed by atoms with Gasteiger partial charge in [-0.05, 0) is 31.5 Å². The fraction of sp³-hybridized carbons (Fsp3) is 0.417. The lowest BCUT2D eigenvalue weighted by molar-refractivity contribution is 0.0511. The summed E-state index contributed by atoms with van der Waals surface area (Å²) < 4.78 is 5.35. The van der Waals surface area contributed by atoms with E-state index in [0.29, 0.717) is 15.6 Å². The highest BCUT2D eigenvalue weighted by Gasteiger charge is 2.09. The van der Waals surface area contributed by atoms with Crippen molar-refractivity contribution in [1.29, 1.82) is 0 Å². The summed E-state index contributed by atoms with van der Waals surface area (Å²) in [4.78, 5) is 11.7. The van der Waals surface area contributed by atoms with Gasteiger partial charge in [0, 0.05) is 5.56 Å². The molecule has 0 saturated carbocycles. The molecule has 1 aromatic carbocycles. The highest BCUT2D eigenvalue weighted by Crippen LogP contribution is 2.22. The third-order valence-corrected chi connectivity index (χ3v) is 3.05. The van der Waals surface area contributed by atoms with Crippen LogP contribution in [0.1, 0.15) is 30.6 Å². The van der Waals surface area contributed by atoms with E-state index >= 15 is 0 Å². The van der Waals surface area contributed by atoms with E-state index in [4.69, 9.17) is 27.9 Å². The minimum absolute atomic E-state index is 0.0764. The molecule has 0 aliphatic heterocycles. The van der Waals surface area contributed by atoms with Crippen LogP contribution in [0.4, 0.5) is 0 Å². The third kappa shape index (κ3) is 3.78. The molecule has 2 nitrogen and oxygen atoms in total. The smallest absolute Gasteiger partial charge is 0.188 e. The molecule has 1 unspecified atom stereocenters. The van der Waals surface area contributed by atoms with Crippen LogP contribution < -0.4 is 0 Å². The van der Waals surface area contributed by atoms with Gasteiger partial charge >= 0.3 is 0 Å². The van der Waals surface area contributed by atoms with Gasteiger partial charge in [-0.3, -0.25) is 4.79 Å². The zero-order valence-corrected chi connectivity index (χ0v) is 10.8. The minimum atomic E-state index is -0.0844. The Morgan fingerprint density at radius 3 is 2.62 bits per heavy atom. The predicted molar refractivity (Wildman–Crippen MR) is 66.5 cm³/mol. The number of ketones is 1. The Bertz CT molecular complexity index is 377. The molecule has 0 bridgehead atoms. The molecule has 0 saturated heterocycles. The van der Waals surface area contributed by atoms with Crippen molar-refractivity contribution in [3.8, 4) is 0 Å². The van der Waals surface area contributed by atoms with Crippen molar-refractivity contribution in [3.05, 3.63) is 33.8 Å². The molecule has 0 fully saturated rings. The van der Waals surface area contributed by atoms with Crippen LogP contribution in [0, 0.1) is 0 Å². The quantitative estimate of drug-likeness (QED) is 0.749. The maximum Gasteiger partial charge on any atom is 0.188 e. The van der Waals surface area contributed by atoms with Gasteiger partial charge < -0.3 is 4.74 Å². The normalized spacial score (nSPS) is 12.5. The first-order chi connectivity index (χ1) is 7.54. The Hall–Kier alpha value is -0.570. The first-order valence-corrected chi connectivity index (χ1v) is 5.90. The van der Waals surface area contributed by atoms with E-state index in [-0.39, 0.29) is 18.5 Å². The van der Waals surface area contributed by atoms with Gasteiger partial charge in [0.1, 0.15) is 6.61 Å². The highest BCUT2D eigenvalue weighted by atomic mass is 35.5. The summed E-state index contributed by atoms with van der Waals surface area (Å²) in [5, 5.41) is 0.831. The van der Waals surface area contributed by atoms with Crippen LogP contribution in [0.15, 0.2) is 18.2 Å². The number of rotatable bonds is 5. The highest BCUT2D eigenvalue weighted by molar-refractivity contribution is 6.42. The molecular weight excluding hydrogens is 247 g/mol. The number of Topliss-reactive ketones (excluding diaryl/α,β-unsaturated/α-hetero) is 1. The number of carbonyl (C=O) groups excluding carboxylic acids is 1. The van der Waals surface area contributed by atoms with E-state index in [9.17, 15) is 4.79 Å². The molecule has 1 rings (SSSR count). The maximum atomic E-state index is 11.7. The van der Waals surface area contributed by atoms with E-state index in [2.05, 4.69) is 0 Å². The fourth-order valence-electron chi connectivity index (χ4n) is 1.09. The van der Waals surface area contributed by atoms with Crippen molar-refractivity contribution in [2.24, 2.45) is 0 Å². The van der Waals surface area contributed by atoms with Gasteiger partial charge in [-0.15, -0.1) is 0 Å². The van der Waals surface area contributed by atoms with Crippen molar-refractivity contribution in [2.45, 2.75) is 26.4 Å². The zero-order valence-electron chi connectivity index (χ0n) is 9.30. The summed E-state index contributed by atoms with van der Waals surface area (Å²) in [6.45, 7) is 4.02. The third-order valence-electron chi connectivity index (χ3n) is 2.32. The van der Waals surface area contributed by atoms with Crippen LogP contribution in [0.2, 0.25) is 10.0 Å². The van der Waals surface area contributed by atoms with E-state index in [1.54, 1.807) is 18.2 Å². The number of ether oxygens (including phenoxy) is 1. The Labute approximate surface area is 106 Å². The van der Waals surface area contributed by atoms with E-state index < -0.39 is 0 Å². The Morgan fingerprint density at radius 1 is 1.38 bits per heavy atom. The lowest BCUT2D eigenvalue weighted by Gasteiger charge is -2.09. The van der Waals surface area contributed by atoms with Crippen LogP contribution in [0.5, 0.6) is 0 Å². The van der Waals surface area contributed by atoms with Gasteiger partial charge in [-0.25, -0.2) is 0 Å². The van der Waals surface area contributed by atoms with E-state index in [0.717, 1.165) is 6.42 Å². The molecule has 0 N–H and O–H groups in total. The lowest BCUT2D eigenvalue weighted by atomic mass is 10.1. The Kier molecular flexibility index (Phi) is 5.26. The van der Waals surface area contributed by atoms with Crippen molar-refractivity contribution in [3.63, 3.8) is 0 Å². The van der Waals surface area contributed by atoms with Crippen LogP contribution in [-0.4, -0.2) is 18.5 Å². The second-order valence-corrected chi connectivity index (χ2v) is 4.40. The maximum absolute atomic E-state index is 11.7. The van der Waals surface area contributed by atoms with Gasteiger partial charge in [0.15, 0.2) is 5.78 Å². The topological polar surface area (TPSA) is 26.3 Å². The summed E-state index contributed by atoms with van der Waals surface area (Å²) in [5.41, 5.74) is 0.526. The van der Waals surface area contributed by atoms with Gasteiger partial charge in [0.05, 0.1) is 16.1 Å².